The summed E-state index contributed by atoms with van der Waals surface area (Å²) in [7, 11) is 0. The first-order valence-corrected chi connectivity index (χ1v) is 5.88. The van der Waals surface area contributed by atoms with Crippen molar-refractivity contribution in [3.05, 3.63) is 24.8 Å². The van der Waals surface area contributed by atoms with Crippen LogP contribution in [0.5, 0.6) is 0 Å². The molecule has 2 fully saturated rings. The van der Waals surface area contributed by atoms with Gasteiger partial charge in [0.15, 0.2) is 0 Å². The molecule has 0 aromatic rings. The van der Waals surface area contributed by atoms with Crippen LogP contribution in [0.25, 0.3) is 0 Å². The zero-order chi connectivity index (χ0) is 13.4. The highest BCUT2D eigenvalue weighted by Gasteiger charge is 2.26. The maximum absolute atomic E-state index is 10.5. The van der Waals surface area contributed by atoms with Gasteiger partial charge in [-0.15, -0.1) is 0 Å². The Balaban J connectivity index is 0.000000180. The molecule has 5 nitrogen and oxygen atoms in total. The van der Waals surface area contributed by atoms with Crippen LogP contribution in [0.4, 0.5) is 0 Å². The fraction of sp³-hybridized carbons (Fsp3) is 0.615. The van der Waals surface area contributed by atoms with Gasteiger partial charge in [0.1, 0.15) is 18.8 Å². The number of carbonyl (C=O) groups is 1. The normalized spacial score (nSPS) is 23.4. The molecule has 0 aliphatic carbocycles. The fourth-order valence-electron chi connectivity index (χ4n) is 0.917. The SMILES string of the molecule is C(OCC1CO1)C1CO1.C=CCOC(=O)C(=C)C. The third kappa shape index (κ3) is 8.00. The highest BCUT2D eigenvalue weighted by atomic mass is 16.6. The molecule has 2 heterocycles. The summed E-state index contributed by atoms with van der Waals surface area (Å²) in [6, 6.07) is 0. The number of hydrogen-bond donors (Lipinski definition) is 0. The van der Waals surface area contributed by atoms with Gasteiger partial charge in [0.25, 0.3) is 0 Å². The standard InChI is InChI=1S/C7H10O2.C6H10O3/c1-4-5-9-7(8)6(2)3;1(5-3-8-5)7-2-6-4-9-6/h4H,1-2,5H2,3H3;5-6H,1-4H2. The second-order valence-electron chi connectivity index (χ2n) is 4.12. The van der Waals surface area contributed by atoms with E-state index in [4.69, 9.17) is 14.2 Å². The molecule has 0 amide bonds. The number of ether oxygens (including phenoxy) is 4. The van der Waals surface area contributed by atoms with Crippen LogP contribution in [-0.2, 0) is 23.7 Å². The Morgan fingerprint density at radius 3 is 2.17 bits per heavy atom. The van der Waals surface area contributed by atoms with Crippen molar-refractivity contribution in [1.82, 2.24) is 0 Å². The molecule has 2 aliphatic rings. The van der Waals surface area contributed by atoms with Crippen molar-refractivity contribution in [3.8, 4) is 0 Å². The Morgan fingerprint density at radius 2 is 1.83 bits per heavy atom. The second kappa shape index (κ2) is 8.02. The predicted octanol–water partition coefficient (Wildman–Crippen LogP) is 1.09. The minimum atomic E-state index is -0.366. The maximum atomic E-state index is 10.5. The molecule has 0 bridgehead atoms. The van der Waals surface area contributed by atoms with E-state index in [2.05, 4.69) is 17.9 Å². The van der Waals surface area contributed by atoms with E-state index in [1.165, 1.54) is 6.08 Å². The largest absolute Gasteiger partial charge is 0.458 e. The van der Waals surface area contributed by atoms with E-state index in [9.17, 15) is 4.79 Å². The van der Waals surface area contributed by atoms with Crippen LogP contribution < -0.4 is 0 Å². The second-order valence-corrected chi connectivity index (χ2v) is 4.12. The van der Waals surface area contributed by atoms with Crippen molar-refractivity contribution in [2.75, 3.05) is 33.0 Å². The summed E-state index contributed by atoms with van der Waals surface area (Å²) in [5.74, 6) is -0.366. The Kier molecular flexibility index (Phi) is 6.64. The molecule has 0 aromatic heterocycles. The highest BCUT2D eigenvalue weighted by molar-refractivity contribution is 5.86. The zero-order valence-corrected chi connectivity index (χ0v) is 10.7. The molecule has 2 atom stereocenters. The fourth-order valence-corrected chi connectivity index (χ4v) is 0.917. The average molecular weight is 256 g/mol. The molecule has 2 rings (SSSR count). The summed E-state index contributed by atoms with van der Waals surface area (Å²) in [6.07, 6.45) is 2.30. The van der Waals surface area contributed by atoms with Gasteiger partial charge in [0, 0.05) is 5.57 Å². The molecule has 5 heteroatoms. The van der Waals surface area contributed by atoms with Gasteiger partial charge in [0.05, 0.1) is 26.4 Å². The average Bonchev–Trinajstić information content (AvgIpc) is 3.20. The van der Waals surface area contributed by atoms with Crippen molar-refractivity contribution < 1.29 is 23.7 Å². The zero-order valence-electron chi connectivity index (χ0n) is 10.7. The van der Waals surface area contributed by atoms with Gasteiger partial charge in [-0.2, -0.15) is 0 Å². The van der Waals surface area contributed by atoms with Crippen molar-refractivity contribution in [2.45, 2.75) is 19.1 Å². The van der Waals surface area contributed by atoms with E-state index < -0.39 is 0 Å². The van der Waals surface area contributed by atoms with E-state index >= 15 is 0 Å². The van der Waals surface area contributed by atoms with Gasteiger partial charge in [-0.05, 0) is 6.92 Å². The molecular weight excluding hydrogens is 236 g/mol. The van der Waals surface area contributed by atoms with Crippen LogP contribution in [0.1, 0.15) is 6.92 Å². The first-order chi connectivity index (χ1) is 8.63. The monoisotopic (exact) mass is 256 g/mol. The molecule has 0 spiro atoms. The van der Waals surface area contributed by atoms with Crippen LogP contribution >= 0.6 is 0 Å². The van der Waals surface area contributed by atoms with E-state index in [0.29, 0.717) is 17.8 Å². The van der Waals surface area contributed by atoms with Crippen LogP contribution in [0.2, 0.25) is 0 Å². The molecule has 102 valence electrons. The molecule has 2 aliphatic heterocycles. The third-order valence-corrected chi connectivity index (χ3v) is 2.09. The number of hydrogen-bond acceptors (Lipinski definition) is 5. The van der Waals surface area contributed by atoms with E-state index in [1.54, 1.807) is 6.92 Å². The minimum Gasteiger partial charge on any atom is -0.458 e. The van der Waals surface area contributed by atoms with Gasteiger partial charge in [0.2, 0.25) is 0 Å². The van der Waals surface area contributed by atoms with Crippen molar-refractivity contribution >= 4 is 5.97 Å². The van der Waals surface area contributed by atoms with Crippen LogP contribution in [0.15, 0.2) is 24.8 Å². The van der Waals surface area contributed by atoms with Crippen molar-refractivity contribution in [3.63, 3.8) is 0 Å². The highest BCUT2D eigenvalue weighted by Crippen LogP contribution is 2.12. The topological polar surface area (TPSA) is 60.6 Å². The Hall–Kier alpha value is -1.17. The number of rotatable bonds is 7. The summed E-state index contributed by atoms with van der Waals surface area (Å²) in [4.78, 5) is 10.5. The van der Waals surface area contributed by atoms with E-state index in [1.807, 2.05) is 0 Å². The lowest BCUT2D eigenvalue weighted by Gasteiger charge is -1.97. The third-order valence-electron chi connectivity index (χ3n) is 2.09. The van der Waals surface area contributed by atoms with Crippen molar-refractivity contribution in [1.29, 1.82) is 0 Å². The van der Waals surface area contributed by atoms with E-state index in [0.717, 1.165) is 26.4 Å². The quantitative estimate of drug-likeness (QED) is 0.295. The van der Waals surface area contributed by atoms with Crippen LogP contribution in [-0.4, -0.2) is 51.2 Å². The summed E-state index contributed by atoms with van der Waals surface area (Å²) >= 11 is 0. The minimum absolute atomic E-state index is 0.256. The molecule has 2 saturated heterocycles. The first kappa shape index (κ1) is 14.9. The number of esters is 1. The predicted molar refractivity (Wildman–Crippen MR) is 66.3 cm³/mol. The maximum Gasteiger partial charge on any atom is 0.333 e. The van der Waals surface area contributed by atoms with Gasteiger partial charge in [-0.25, -0.2) is 4.79 Å². The molecule has 2 unspecified atom stereocenters. The van der Waals surface area contributed by atoms with Gasteiger partial charge < -0.3 is 18.9 Å². The van der Waals surface area contributed by atoms with Crippen LogP contribution in [0.3, 0.4) is 0 Å². The molecule has 18 heavy (non-hydrogen) atoms. The molecule has 0 radical (unpaired) electrons. The van der Waals surface area contributed by atoms with Gasteiger partial charge in [-0.3, -0.25) is 0 Å². The van der Waals surface area contributed by atoms with Crippen molar-refractivity contribution in [2.24, 2.45) is 0 Å². The lowest BCUT2D eigenvalue weighted by atomic mass is 10.4. The molecule has 0 aromatic carbocycles. The Labute approximate surface area is 107 Å². The lowest BCUT2D eigenvalue weighted by Crippen LogP contribution is -2.06. The summed E-state index contributed by atoms with van der Waals surface area (Å²) in [5, 5.41) is 0. The molecule has 0 N–H and O–H groups in total. The summed E-state index contributed by atoms with van der Waals surface area (Å²) < 4.78 is 19.7. The number of epoxide rings is 2. The number of carbonyl (C=O) groups excluding carboxylic acids is 1. The molecular formula is C13H20O5. The van der Waals surface area contributed by atoms with E-state index in [-0.39, 0.29) is 12.6 Å². The van der Waals surface area contributed by atoms with Crippen LogP contribution in [0, 0.1) is 0 Å². The smallest absolute Gasteiger partial charge is 0.333 e. The molecule has 0 saturated carbocycles. The van der Waals surface area contributed by atoms with Gasteiger partial charge >= 0.3 is 5.97 Å². The summed E-state index contributed by atoms with van der Waals surface area (Å²) in [5.41, 5.74) is 0.414. The van der Waals surface area contributed by atoms with Gasteiger partial charge in [-0.1, -0.05) is 19.2 Å². The lowest BCUT2D eigenvalue weighted by molar-refractivity contribution is -0.137. The Morgan fingerprint density at radius 1 is 1.33 bits per heavy atom. The summed E-state index contributed by atoms with van der Waals surface area (Å²) in [6.45, 7) is 11.9. The first-order valence-electron chi connectivity index (χ1n) is 5.88. The Bertz CT molecular complexity index is 280.